The molecule has 0 spiro atoms. The molecule has 9 heteroatoms. The standard InChI is InChI=1S/C57H112NO7P/c1-6-8-10-12-14-16-18-20-22-24-26-27-28-29-30-31-32-34-36-38-40-42-44-46-48-50-57(59)65-56(55-64-66(60,61)63-53-51-58(3,4)5)54-62-52-49-47-45-43-41-39-37-35-33-25-23-21-19-17-15-13-11-9-7-2/h18,20,24,26,56H,6-17,19,21-23,25,27-55H2,1-5H3/b20-18-,26-24-. The predicted molar refractivity (Wildman–Crippen MR) is 282 cm³/mol. The molecule has 0 N–H and O–H groups in total. The Labute approximate surface area is 411 Å². The van der Waals surface area contributed by atoms with Crippen molar-refractivity contribution in [2.45, 2.75) is 283 Å². The Hall–Kier alpha value is -1.02. The first-order valence-electron chi connectivity index (χ1n) is 28.6. The van der Waals surface area contributed by atoms with Crippen molar-refractivity contribution < 1.29 is 37.3 Å². The number of hydrogen-bond donors (Lipinski definition) is 0. The van der Waals surface area contributed by atoms with E-state index in [0.717, 1.165) is 38.5 Å². The summed E-state index contributed by atoms with van der Waals surface area (Å²) >= 11 is 0. The van der Waals surface area contributed by atoms with E-state index in [1.165, 1.54) is 218 Å². The molecule has 0 fully saturated rings. The number of unbranched alkanes of at least 4 members (excludes halogenated alkanes) is 36. The highest BCUT2D eigenvalue weighted by atomic mass is 31.2. The summed E-state index contributed by atoms with van der Waals surface area (Å²) in [5, 5.41) is 0. The first-order chi connectivity index (χ1) is 32.1. The second kappa shape index (κ2) is 50.4. The van der Waals surface area contributed by atoms with Crippen molar-refractivity contribution >= 4 is 13.8 Å². The summed E-state index contributed by atoms with van der Waals surface area (Å²) in [5.41, 5.74) is 0. The molecular weight excluding hydrogens is 842 g/mol. The molecule has 66 heavy (non-hydrogen) atoms. The van der Waals surface area contributed by atoms with Crippen LogP contribution >= 0.6 is 7.82 Å². The lowest BCUT2D eigenvalue weighted by Crippen LogP contribution is -2.37. The van der Waals surface area contributed by atoms with Gasteiger partial charge >= 0.3 is 5.97 Å². The third-order valence-corrected chi connectivity index (χ3v) is 13.7. The quantitative estimate of drug-likeness (QED) is 0.0197. The van der Waals surface area contributed by atoms with Crippen molar-refractivity contribution in [1.29, 1.82) is 0 Å². The van der Waals surface area contributed by atoms with Gasteiger partial charge in [0.25, 0.3) is 7.82 Å². The van der Waals surface area contributed by atoms with Crippen molar-refractivity contribution in [3.63, 3.8) is 0 Å². The highest BCUT2D eigenvalue weighted by molar-refractivity contribution is 7.45. The number of hydrogen-bond acceptors (Lipinski definition) is 7. The zero-order chi connectivity index (χ0) is 48.3. The van der Waals surface area contributed by atoms with Gasteiger partial charge in [-0.2, -0.15) is 0 Å². The molecule has 0 bridgehead atoms. The van der Waals surface area contributed by atoms with Crippen molar-refractivity contribution in [3.8, 4) is 0 Å². The van der Waals surface area contributed by atoms with Gasteiger partial charge in [0.05, 0.1) is 34.4 Å². The average Bonchev–Trinajstić information content (AvgIpc) is 3.28. The Kier molecular flexibility index (Phi) is 49.6. The van der Waals surface area contributed by atoms with Crippen LogP contribution in [0.3, 0.4) is 0 Å². The summed E-state index contributed by atoms with van der Waals surface area (Å²) in [5.74, 6) is -0.328. The van der Waals surface area contributed by atoms with Crippen molar-refractivity contribution in [3.05, 3.63) is 24.3 Å². The van der Waals surface area contributed by atoms with Gasteiger partial charge in [0.1, 0.15) is 19.3 Å². The minimum atomic E-state index is -4.53. The summed E-state index contributed by atoms with van der Waals surface area (Å²) in [4.78, 5) is 25.2. The zero-order valence-electron chi connectivity index (χ0n) is 44.7. The van der Waals surface area contributed by atoms with E-state index in [4.69, 9.17) is 18.5 Å². The Balaban J connectivity index is 4.04. The van der Waals surface area contributed by atoms with Gasteiger partial charge in [-0.15, -0.1) is 0 Å². The van der Waals surface area contributed by atoms with E-state index in [-0.39, 0.29) is 25.8 Å². The van der Waals surface area contributed by atoms with Crippen LogP contribution in [0.15, 0.2) is 24.3 Å². The lowest BCUT2D eigenvalue weighted by molar-refractivity contribution is -0.870. The second-order valence-corrected chi connectivity index (χ2v) is 22.1. The number of phosphoric acid groups is 1. The fraction of sp³-hybridized carbons (Fsp3) is 0.912. The number of quaternary nitrogens is 1. The van der Waals surface area contributed by atoms with Gasteiger partial charge in [0.2, 0.25) is 0 Å². The number of phosphoric ester groups is 1. The summed E-state index contributed by atoms with van der Waals surface area (Å²) < 4.78 is 34.9. The van der Waals surface area contributed by atoms with E-state index < -0.39 is 13.9 Å². The van der Waals surface area contributed by atoms with Gasteiger partial charge in [0, 0.05) is 13.0 Å². The molecule has 0 aromatic rings. The fourth-order valence-electron chi connectivity index (χ4n) is 8.35. The number of carbonyl (C=O) groups excluding carboxylic acids is 1. The Morgan fingerprint density at radius 2 is 0.833 bits per heavy atom. The third-order valence-electron chi connectivity index (χ3n) is 12.8. The second-order valence-electron chi connectivity index (χ2n) is 20.7. The number of rotatable bonds is 54. The molecule has 0 radical (unpaired) electrons. The largest absolute Gasteiger partial charge is 0.756 e. The maximum Gasteiger partial charge on any atom is 0.306 e. The molecule has 0 rings (SSSR count). The van der Waals surface area contributed by atoms with E-state index in [2.05, 4.69) is 38.2 Å². The smallest absolute Gasteiger partial charge is 0.306 e. The maximum atomic E-state index is 12.8. The molecular formula is C57H112NO7P. The highest BCUT2D eigenvalue weighted by Crippen LogP contribution is 2.38. The van der Waals surface area contributed by atoms with E-state index in [1.54, 1.807) is 0 Å². The molecule has 0 aromatic carbocycles. The zero-order valence-corrected chi connectivity index (χ0v) is 45.6. The van der Waals surface area contributed by atoms with Crippen molar-refractivity contribution in [2.24, 2.45) is 0 Å². The maximum absolute atomic E-state index is 12.8. The summed E-state index contributed by atoms with van der Waals surface area (Å²) in [7, 11) is 1.37. The van der Waals surface area contributed by atoms with Crippen LogP contribution < -0.4 is 4.89 Å². The molecule has 0 aromatic heterocycles. The minimum Gasteiger partial charge on any atom is -0.756 e. The molecule has 392 valence electrons. The lowest BCUT2D eigenvalue weighted by atomic mass is 10.0. The van der Waals surface area contributed by atoms with Gasteiger partial charge < -0.3 is 27.9 Å². The van der Waals surface area contributed by atoms with Gasteiger partial charge in [0.15, 0.2) is 0 Å². The van der Waals surface area contributed by atoms with Gasteiger partial charge in [-0.3, -0.25) is 9.36 Å². The van der Waals surface area contributed by atoms with Crippen LogP contribution in [0.1, 0.15) is 277 Å². The average molecular weight is 954 g/mol. The van der Waals surface area contributed by atoms with Gasteiger partial charge in [-0.05, 0) is 44.9 Å². The molecule has 0 saturated heterocycles. The number of carbonyl (C=O) groups is 1. The normalized spacial score (nSPS) is 13.6. The Morgan fingerprint density at radius 1 is 0.470 bits per heavy atom. The van der Waals surface area contributed by atoms with Gasteiger partial charge in [-0.25, -0.2) is 0 Å². The van der Waals surface area contributed by atoms with E-state index in [0.29, 0.717) is 24.1 Å². The lowest BCUT2D eigenvalue weighted by Gasteiger charge is -2.28. The number of esters is 1. The first kappa shape index (κ1) is 65.0. The molecule has 0 aliphatic rings. The van der Waals surface area contributed by atoms with Crippen LogP contribution in [0, 0.1) is 0 Å². The van der Waals surface area contributed by atoms with E-state index >= 15 is 0 Å². The summed E-state index contributed by atoms with van der Waals surface area (Å²) in [6.07, 6.45) is 60.7. The van der Waals surface area contributed by atoms with Gasteiger partial charge in [-0.1, -0.05) is 250 Å². The molecule has 0 heterocycles. The van der Waals surface area contributed by atoms with Crippen molar-refractivity contribution in [1.82, 2.24) is 0 Å². The van der Waals surface area contributed by atoms with E-state index in [1.807, 2.05) is 21.1 Å². The van der Waals surface area contributed by atoms with Crippen LogP contribution in [0.5, 0.6) is 0 Å². The molecule has 0 saturated carbocycles. The summed E-state index contributed by atoms with van der Waals surface area (Å²) in [6, 6.07) is 0. The number of ether oxygens (including phenoxy) is 2. The SMILES string of the molecule is CCCCCCC/C=C\C/C=C\CCCCCCCCCCCCCCCC(=O)OC(COCCCCCCCCCCCCCCCCCCCCC)COP(=O)([O-])OCC[N+](C)(C)C. The minimum absolute atomic E-state index is 0.0290. The molecule has 2 atom stereocenters. The van der Waals surface area contributed by atoms with Crippen LogP contribution in [-0.2, 0) is 27.9 Å². The number of allylic oxidation sites excluding steroid dienone is 4. The first-order valence-corrected chi connectivity index (χ1v) is 30.0. The predicted octanol–water partition coefficient (Wildman–Crippen LogP) is 17.3. The Morgan fingerprint density at radius 3 is 1.23 bits per heavy atom. The molecule has 2 unspecified atom stereocenters. The topological polar surface area (TPSA) is 94.1 Å². The Bertz CT molecular complexity index is 1110. The fourth-order valence-corrected chi connectivity index (χ4v) is 9.07. The molecule has 0 aliphatic heterocycles. The molecule has 8 nitrogen and oxygen atoms in total. The number of likely N-dealkylation sites (N-methyl/N-ethyl adjacent to an activating group) is 1. The van der Waals surface area contributed by atoms with Crippen LogP contribution in [0.25, 0.3) is 0 Å². The summed E-state index contributed by atoms with van der Waals surface area (Å²) in [6.45, 7) is 5.47. The highest BCUT2D eigenvalue weighted by Gasteiger charge is 2.20. The van der Waals surface area contributed by atoms with Crippen molar-refractivity contribution in [2.75, 3.05) is 54.1 Å². The molecule has 0 amide bonds. The number of nitrogens with zero attached hydrogens (tertiary/aromatic N) is 1. The van der Waals surface area contributed by atoms with Crippen LogP contribution in [0.2, 0.25) is 0 Å². The molecule has 0 aliphatic carbocycles. The van der Waals surface area contributed by atoms with E-state index in [9.17, 15) is 14.3 Å². The third kappa shape index (κ3) is 53.9. The van der Waals surface area contributed by atoms with Crippen LogP contribution in [0.4, 0.5) is 0 Å². The monoisotopic (exact) mass is 954 g/mol. The van der Waals surface area contributed by atoms with Crippen LogP contribution in [-0.4, -0.2) is 70.7 Å².